The highest BCUT2D eigenvalue weighted by Crippen LogP contribution is 2.54. The Morgan fingerprint density at radius 1 is 0.346 bits per heavy atom. The van der Waals surface area contributed by atoms with E-state index in [4.69, 9.17) is 4.74 Å². The predicted molar refractivity (Wildman–Crippen MR) is 345 cm³/mol. The van der Waals surface area contributed by atoms with Crippen LogP contribution in [0.1, 0.15) is 104 Å². The zero-order valence-electron chi connectivity index (χ0n) is 48.5. The number of anilines is 9. The molecule has 0 amide bonds. The molecule has 0 fully saturated rings. The fourth-order valence-electron chi connectivity index (χ4n) is 14.4. The fraction of sp³-hybridized carbons (Fsp3) is 0.200. The molecule has 15 rings (SSSR count). The smallest absolute Gasteiger partial charge is 0.256 e. The highest BCUT2D eigenvalue weighted by atomic mass is 16.5. The zero-order valence-corrected chi connectivity index (χ0v) is 48.5. The lowest BCUT2D eigenvalue weighted by atomic mass is 9.30. The van der Waals surface area contributed by atoms with Crippen LogP contribution >= 0.6 is 0 Å². The van der Waals surface area contributed by atoms with Crippen molar-refractivity contribution in [3.63, 3.8) is 0 Å². The largest absolute Gasteiger partial charge is 0.458 e. The summed E-state index contributed by atoms with van der Waals surface area (Å²) in [4.78, 5) is 7.65. The molecule has 10 aromatic carbocycles. The van der Waals surface area contributed by atoms with Crippen molar-refractivity contribution in [3.8, 4) is 33.8 Å². The van der Waals surface area contributed by atoms with Crippen LogP contribution in [0.15, 0.2) is 206 Å². The molecule has 0 aromatic heterocycles. The van der Waals surface area contributed by atoms with Gasteiger partial charge in [0, 0.05) is 62.7 Å². The van der Waals surface area contributed by atoms with Gasteiger partial charge in [0.2, 0.25) is 0 Å². The van der Waals surface area contributed by atoms with Crippen molar-refractivity contribution >= 4 is 97.4 Å². The van der Waals surface area contributed by atoms with Gasteiger partial charge < -0.3 is 19.4 Å². The zero-order chi connectivity index (χ0) is 55.6. The SMILES string of the molecule is CC(C)(C)c1cc(N2c3cc4c(cc3B3c5ccccc5N(c5ccccc5)c5cc(C(C)(C)C)cc2c53)B2c3ccccc3N(c3ccccc3)c3cc(-c5cccc6c5C(C)(C)c5ccccc5-6)cc(c32)O4)cc(C(C)(C)C)c1. The number of fused-ring (bicyclic) bond motifs is 11. The van der Waals surface area contributed by atoms with Crippen LogP contribution in [0.2, 0.25) is 0 Å². The second-order valence-electron chi connectivity index (χ2n) is 27.0. The molecule has 1 aliphatic carbocycles. The summed E-state index contributed by atoms with van der Waals surface area (Å²) in [6, 6.07) is 78.4. The van der Waals surface area contributed by atoms with Crippen LogP contribution in [0.5, 0.6) is 11.5 Å². The van der Waals surface area contributed by atoms with Gasteiger partial charge in [-0.15, -0.1) is 0 Å². The molecular weight excluding hydrogens is 980 g/mol. The van der Waals surface area contributed by atoms with Crippen LogP contribution in [-0.2, 0) is 21.7 Å². The minimum atomic E-state index is -0.212. The van der Waals surface area contributed by atoms with Gasteiger partial charge in [-0.1, -0.05) is 204 Å². The number of para-hydroxylation sites is 4. The number of rotatable bonds is 4. The number of hydrogen-bond donors (Lipinski definition) is 0. The average Bonchev–Trinajstić information content (AvgIpc) is 3.88. The number of ether oxygens (including phenoxy) is 1. The first-order valence-corrected chi connectivity index (χ1v) is 29.1. The van der Waals surface area contributed by atoms with Gasteiger partial charge >= 0.3 is 0 Å². The maximum Gasteiger partial charge on any atom is 0.256 e. The van der Waals surface area contributed by atoms with E-state index in [1.807, 2.05) is 0 Å². The van der Waals surface area contributed by atoms with Gasteiger partial charge in [0.05, 0.1) is 0 Å². The predicted octanol–water partition coefficient (Wildman–Crippen LogP) is 16.0. The molecule has 4 aliphatic heterocycles. The van der Waals surface area contributed by atoms with E-state index < -0.39 is 0 Å². The first-order chi connectivity index (χ1) is 38.8. The Balaban J connectivity index is 1.04. The molecule has 10 aromatic rings. The van der Waals surface area contributed by atoms with Crippen LogP contribution in [0, 0.1) is 0 Å². The van der Waals surface area contributed by atoms with Gasteiger partial charge in [0.1, 0.15) is 11.5 Å². The highest BCUT2D eigenvalue weighted by molar-refractivity contribution is 7.02. The van der Waals surface area contributed by atoms with E-state index in [-0.39, 0.29) is 35.1 Å². The Labute approximate surface area is 479 Å². The number of nitrogens with zero attached hydrogens (tertiary/aromatic N) is 3. The van der Waals surface area contributed by atoms with Crippen LogP contribution in [0.4, 0.5) is 51.2 Å². The summed E-state index contributed by atoms with van der Waals surface area (Å²) in [6.45, 7) is 25.8. The molecule has 0 spiro atoms. The molecule has 81 heavy (non-hydrogen) atoms. The quantitative estimate of drug-likeness (QED) is 0.164. The van der Waals surface area contributed by atoms with Crippen LogP contribution in [-0.4, -0.2) is 13.4 Å². The number of benzene rings is 10. The maximum atomic E-state index is 7.78. The summed E-state index contributed by atoms with van der Waals surface area (Å²) >= 11 is 0. The number of hydrogen-bond acceptors (Lipinski definition) is 4. The summed E-state index contributed by atoms with van der Waals surface area (Å²) in [6.07, 6.45) is 0. The standard InChI is InChI=1S/C75H67B2N3O/c1-72(2,3)47-39-48(73(4,5)6)41-52(40-47)80-63-45-67-60(44-59(63)76-57-33-20-22-35-61(57)79(51-27-16-13-17-28-51)65-42-49(74(7,8)9)43-66(80)70(65)76)77-58-34-21-23-36-62(58)78(50-25-14-12-15-26-50)64-37-46(38-68(81-67)71(64)77)53-30-24-31-55-54-29-18-19-32-56(54)75(10,11)69(53)55/h12-45H,1-11H3. The van der Waals surface area contributed by atoms with E-state index in [9.17, 15) is 0 Å². The summed E-state index contributed by atoms with van der Waals surface area (Å²) < 4.78 is 7.78. The molecule has 0 N–H and O–H groups in total. The topological polar surface area (TPSA) is 19.0 Å². The molecule has 6 heteroatoms. The van der Waals surface area contributed by atoms with Gasteiger partial charge in [-0.2, -0.15) is 0 Å². The van der Waals surface area contributed by atoms with Crippen LogP contribution < -0.4 is 52.2 Å². The summed E-state index contributed by atoms with van der Waals surface area (Å²) in [5, 5.41) is 0. The van der Waals surface area contributed by atoms with Crippen molar-refractivity contribution < 1.29 is 4.74 Å². The minimum Gasteiger partial charge on any atom is -0.458 e. The first kappa shape index (κ1) is 49.6. The maximum absolute atomic E-state index is 7.78. The van der Waals surface area contributed by atoms with E-state index in [0.29, 0.717) is 0 Å². The van der Waals surface area contributed by atoms with E-state index in [1.165, 1.54) is 100 Å². The first-order valence-electron chi connectivity index (χ1n) is 29.1. The van der Waals surface area contributed by atoms with Gasteiger partial charge in [-0.3, -0.25) is 0 Å². The normalized spacial score (nSPS) is 14.9. The molecule has 0 saturated carbocycles. The van der Waals surface area contributed by atoms with Crippen LogP contribution in [0.25, 0.3) is 22.3 Å². The summed E-state index contributed by atoms with van der Waals surface area (Å²) in [5.41, 5.74) is 29.1. The molecule has 0 bridgehead atoms. The second kappa shape index (κ2) is 17.3. The van der Waals surface area contributed by atoms with Crippen molar-refractivity contribution in [2.24, 2.45) is 0 Å². The summed E-state index contributed by atoms with van der Waals surface area (Å²) in [5.74, 6) is 1.79. The Kier molecular flexibility index (Phi) is 10.6. The van der Waals surface area contributed by atoms with E-state index in [1.54, 1.807) is 0 Å². The van der Waals surface area contributed by atoms with E-state index in [0.717, 1.165) is 45.5 Å². The Bertz CT molecular complexity index is 4240. The van der Waals surface area contributed by atoms with E-state index >= 15 is 0 Å². The van der Waals surface area contributed by atoms with Gasteiger partial charge in [0.15, 0.2) is 0 Å². The Morgan fingerprint density at radius 3 is 1.42 bits per heavy atom. The van der Waals surface area contributed by atoms with Crippen molar-refractivity contribution in [2.75, 3.05) is 14.7 Å². The van der Waals surface area contributed by atoms with Gasteiger partial charge in [-0.25, -0.2) is 0 Å². The molecule has 0 saturated heterocycles. The third kappa shape index (κ3) is 7.38. The lowest BCUT2D eigenvalue weighted by Gasteiger charge is -2.46. The molecule has 0 atom stereocenters. The van der Waals surface area contributed by atoms with Crippen molar-refractivity contribution in [1.82, 2.24) is 0 Å². The molecular formula is C75H67B2N3O. The average molecular weight is 1050 g/mol. The van der Waals surface area contributed by atoms with Crippen molar-refractivity contribution in [3.05, 3.63) is 234 Å². The molecule has 4 heterocycles. The van der Waals surface area contributed by atoms with E-state index in [2.05, 4.69) is 297 Å². The molecule has 5 aliphatic rings. The monoisotopic (exact) mass is 1050 g/mol. The minimum absolute atomic E-state index is 0.0832. The van der Waals surface area contributed by atoms with Gasteiger partial charge in [-0.05, 0) is 172 Å². The molecule has 394 valence electrons. The third-order valence-electron chi connectivity index (χ3n) is 18.5. The Hall–Kier alpha value is -8.47. The Morgan fingerprint density at radius 2 is 0.827 bits per heavy atom. The van der Waals surface area contributed by atoms with Crippen LogP contribution in [0.3, 0.4) is 0 Å². The molecule has 4 nitrogen and oxygen atoms in total. The third-order valence-corrected chi connectivity index (χ3v) is 18.5. The lowest BCUT2D eigenvalue weighted by molar-refractivity contribution is 0.488. The van der Waals surface area contributed by atoms with Crippen molar-refractivity contribution in [2.45, 2.75) is 97.8 Å². The second-order valence-corrected chi connectivity index (χ2v) is 27.0. The van der Waals surface area contributed by atoms with Gasteiger partial charge in [0.25, 0.3) is 13.4 Å². The summed E-state index contributed by atoms with van der Waals surface area (Å²) in [7, 11) is 0. The molecule has 0 unspecified atom stereocenters. The lowest BCUT2D eigenvalue weighted by Crippen LogP contribution is -2.64. The highest BCUT2D eigenvalue weighted by Gasteiger charge is 2.49. The van der Waals surface area contributed by atoms with Crippen molar-refractivity contribution in [1.29, 1.82) is 0 Å². The molecule has 0 radical (unpaired) electrons. The fourth-order valence-corrected chi connectivity index (χ4v) is 14.4.